The Bertz CT molecular complexity index is 820. The topological polar surface area (TPSA) is 63.0 Å². The first-order valence-electron chi connectivity index (χ1n) is 8.82. The Morgan fingerprint density at radius 3 is 2.54 bits per heavy atom. The van der Waals surface area contributed by atoms with E-state index in [9.17, 15) is 9.59 Å². The maximum Gasteiger partial charge on any atom is 0.257 e. The second-order valence-corrected chi connectivity index (χ2v) is 7.12. The molecule has 2 aliphatic rings. The summed E-state index contributed by atoms with van der Waals surface area (Å²) in [5, 5.41) is 0. The molecule has 2 aliphatic heterocycles. The molecule has 2 aromatic rings. The molecular weight excluding hydrogens is 332 g/mol. The molecule has 0 N–H and O–H groups in total. The van der Waals surface area contributed by atoms with Crippen molar-refractivity contribution in [1.29, 1.82) is 0 Å². The predicted octanol–water partition coefficient (Wildman–Crippen LogP) is 2.57. The summed E-state index contributed by atoms with van der Waals surface area (Å²) in [5.74, 6) is -0.0768. The molecule has 0 saturated carbocycles. The highest BCUT2D eigenvalue weighted by Crippen LogP contribution is 2.49. The van der Waals surface area contributed by atoms with Gasteiger partial charge in [-0.1, -0.05) is 24.3 Å². The number of ether oxygens (including phenoxy) is 1. The van der Waals surface area contributed by atoms with Crippen molar-refractivity contribution in [3.05, 3.63) is 59.5 Å². The Kier molecular flexibility index (Phi) is 4.07. The smallest absolute Gasteiger partial charge is 0.257 e. The van der Waals surface area contributed by atoms with Gasteiger partial charge < -0.3 is 19.0 Å². The van der Waals surface area contributed by atoms with E-state index in [0.29, 0.717) is 31.5 Å². The number of nitrogens with zero attached hydrogens (tertiary/aromatic N) is 2. The summed E-state index contributed by atoms with van der Waals surface area (Å²) < 4.78 is 11.4. The number of furan rings is 1. The molecule has 26 heavy (non-hydrogen) atoms. The van der Waals surface area contributed by atoms with Crippen LogP contribution in [0.1, 0.15) is 40.4 Å². The van der Waals surface area contributed by atoms with Gasteiger partial charge in [0.2, 0.25) is 0 Å². The number of piperidine rings is 1. The van der Waals surface area contributed by atoms with Crippen LogP contribution in [-0.4, -0.2) is 48.8 Å². The first-order valence-corrected chi connectivity index (χ1v) is 8.82. The van der Waals surface area contributed by atoms with Gasteiger partial charge in [-0.25, -0.2) is 0 Å². The molecular formula is C20H22N2O4. The van der Waals surface area contributed by atoms with Crippen molar-refractivity contribution in [3.63, 3.8) is 0 Å². The van der Waals surface area contributed by atoms with Crippen LogP contribution in [0.25, 0.3) is 0 Å². The van der Waals surface area contributed by atoms with Gasteiger partial charge in [0.25, 0.3) is 11.8 Å². The number of carbonyl (C=O) groups is 2. The summed E-state index contributed by atoms with van der Waals surface area (Å²) in [4.78, 5) is 28.5. The van der Waals surface area contributed by atoms with Gasteiger partial charge in [-0.15, -0.1) is 0 Å². The highest BCUT2D eigenvalue weighted by molar-refractivity contribution is 5.93. The lowest BCUT2D eigenvalue weighted by atomic mass is 9.83. The standard InChI is InChI=1S/C20H22N2O4/c1-21(2)19(24)17-15-5-3-4-6-16(15)20(26-17)8-10-22(11-9-20)18(23)14-7-12-25-13-14/h3-7,12-13,17H,8-11H2,1-2H3/t17-/m1/s1. The second-order valence-electron chi connectivity index (χ2n) is 7.12. The van der Waals surface area contributed by atoms with E-state index in [0.717, 1.165) is 11.1 Å². The maximum absolute atomic E-state index is 12.6. The molecule has 1 spiro atoms. The lowest BCUT2D eigenvalue weighted by Crippen LogP contribution is -2.45. The summed E-state index contributed by atoms with van der Waals surface area (Å²) in [6.45, 7) is 1.17. The highest BCUT2D eigenvalue weighted by Gasteiger charge is 2.49. The van der Waals surface area contributed by atoms with Gasteiger partial charge in [0.1, 0.15) is 6.26 Å². The quantitative estimate of drug-likeness (QED) is 0.832. The normalized spacial score (nSPS) is 20.8. The Hall–Kier alpha value is -2.60. The molecule has 0 aliphatic carbocycles. The van der Waals surface area contributed by atoms with Gasteiger partial charge in [0.05, 0.1) is 17.4 Å². The van der Waals surface area contributed by atoms with Crippen LogP contribution in [0.2, 0.25) is 0 Å². The van der Waals surface area contributed by atoms with E-state index in [2.05, 4.69) is 0 Å². The first-order chi connectivity index (χ1) is 12.5. The second kappa shape index (κ2) is 6.29. The van der Waals surface area contributed by atoms with Crippen LogP contribution in [-0.2, 0) is 15.1 Å². The third kappa shape index (κ3) is 2.61. The Balaban J connectivity index is 1.57. The summed E-state index contributed by atoms with van der Waals surface area (Å²) >= 11 is 0. The summed E-state index contributed by atoms with van der Waals surface area (Å²) in [6.07, 6.45) is 3.75. The van der Waals surface area contributed by atoms with Crippen molar-refractivity contribution in [2.75, 3.05) is 27.2 Å². The van der Waals surface area contributed by atoms with Gasteiger partial charge in [-0.2, -0.15) is 0 Å². The molecule has 1 fully saturated rings. The van der Waals surface area contributed by atoms with Crippen molar-refractivity contribution in [3.8, 4) is 0 Å². The number of likely N-dealkylation sites (tertiary alicyclic amines) is 1. The van der Waals surface area contributed by atoms with Gasteiger partial charge in [-0.05, 0) is 30.0 Å². The molecule has 1 saturated heterocycles. The molecule has 4 rings (SSSR count). The van der Waals surface area contributed by atoms with E-state index in [4.69, 9.17) is 9.15 Å². The minimum absolute atomic E-state index is 0.0270. The third-order valence-electron chi connectivity index (χ3n) is 5.37. The minimum atomic E-state index is -0.572. The fraction of sp³-hybridized carbons (Fsp3) is 0.400. The van der Waals surface area contributed by atoms with Crippen LogP contribution >= 0.6 is 0 Å². The maximum atomic E-state index is 12.6. The lowest BCUT2D eigenvalue weighted by Gasteiger charge is -2.39. The Morgan fingerprint density at radius 2 is 1.88 bits per heavy atom. The molecule has 1 atom stereocenters. The molecule has 0 bridgehead atoms. The van der Waals surface area contributed by atoms with Gasteiger partial charge in [-0.3, -0.25) is 9.59 Å². The van der Waals surface area contributed by atoms with Gasteiger partial charge in [0.15, 0.2) is 6.10 Å². The molecule has 0 unspecified atom stereocenters. The molecule has 0 radical (unpaired) electrons. The summed E-state index contributed by atoms with van der Waals surface area (Å²) in [6, 6.07) is 9.62. The zero-order valence-corrected chi connectivity index (χ0v) is 15.0. The predicted molar refractivity (Wildman–Crippen MR) is 94.5 cm³/mol. The third-order valence-corrected chi connectivity index (χ3v) is 5.37. The lowest BCUT2D eigenvalue weighted by molar-refractivity contribution is -0.157. The van der Waals surface area contributed by atoms with Gasteiger partial charge >= 0.3 is 0 Å². The fourth-order valence-corrected chi connectivity index (χ4v) is 3.94. The van der Waals surface area contributed by atoms with Crippen LogP contribution in [0.4, 0.5) is 0 Å². The number of carbonyl (C=O) groups excluding carboxylic acids is 2. The number of amides is 2. The largest absolute Gasteiger partial charge is 0.472 e. The molecule has 6 heteroatoms. The van der Waals surface area contributed by atoms with Crippen LogP contribution in [0, 0.1) is 0 Å². The zero-order valence-electron chi connectivity index (χ0n) is 15.0. The number of benzene rings is 1. The van der Waals surface area contributed by atoms with Crippen LogP contribution in [0.5, 0.6) is 0 Å². The number of fused-ring (bicyclic) bond motifs is 2. The van der Waals surface area contributed by atoms with Crippen LogP contribution in [0.15, 0.2) is 47.3 Å². The average molecular weight is 354 g/mol. The average Bonchev–Trinajstić information content (AvgIpc) is 3.29. The van der Waals surface area contributed by atoms with E-state index >= 15 is 0 Å². The molecule has 136 valence electrons. The Labute approximate surface area is 152 Å². The number of hydrogen-bond donors (Lipinski definition) is 0. The highest BCUT2D eigenvalue weighted by atomic mass is 16.5. The van der Waals surface area contributed by atoms with Crippen LogP contribution < -0.4 is 0 Å². The van der Waals surface area contributed by atoms with E-state index < -0.39 is 11.7 Å². The molecule has 3 heterocycles. The van der Waals surface area contributed by atoms with Crippen molar-refractivity contribution < 1.29 is 18.7 Å². The van der Waals surface area contributed by atoms with Crippen LogP contribution in [0.3, 0.4) is 0 Å². The van der Waals surface area contributed by atoms with E-state index in [-0.39, 0.29) is 11.8 Å². The first kappa shape index (κ1) is 16.8. The summed E-state index contributed by atoms with van der Waals surface area (Å²) in [5.41, 5.74) is 2.09. The monoisotopic (exact) mass is 354 g/mol. The van der Waals surface area contributed by atoms with Gasteiger partial charge in [0, 0.05) is 27.2 Å². The van der Waals surface area contributed by atoms with E-state index in [1.807, 2.05) is 29.2 Å². The molecule has 2 amide bonds. The zero-order chi connectivity index (χ0) is 18.3. The number of hydrogen-bond acceptors (Lipinski definition) is 4. The molecule has 1 aromatic carbocycles. The van der Waals surface area contributed by atoms with Crippen molar-refractivity contribution >= 4 is 11.8 Å². The minimum Gasteiger partial charge on any atom is -0.472 e. The fourth-order valence-electron chi connectivity index (χ4n) is 3.94. The van der Waals surface area contributed by atoms with E-state index in [1.165, 1.54) is 12.5 Å². The van der Waals surface area contributed by atoms with Crippen molar-refractivity contribution in [2.24, 2.45) is 0 Å². The SMILES string of the molecule is CN(C)C(=O)[C@@H]1OC2(CCN(C(=O)c3ccoc3)CC2)c2ccccc21. The van der Waals surface area contributed by atoms with Crippen molar-refractivity contribution in [1.82, 2.24) is 9.80 Å². The van der Waals surface area contributed by atoms with Crippen molar-refractivity contribution in [2.45, 2.75) is 24.5 Å². The number of likely N-dealkylation sites (N-methyl/N-ethyl adjacent to an activating group) is 1. The summed E-state index contributed by atoms with van der Waals surface area (Å²) in [7, 11) is 3.48. The van der Waals surface area contributed by atoms with E-state index in [1.54, 1.807) is 25.1 Å². The molecule has 6 nitrogen and oxygen atoms in total. The Morgan fingerprint density at radius 1 is 1.15 bits per heavy atom. The number of rotatable bonds is 2. The molecule has 1 aromatic heterocycles.